The zero-order valence-electron chi connectivity index (χ0n) is 6.45. The molecule has 4 heteroatoms. The second-order valence-corrected chi connectivity index (χ2v) is 2.39. The van der Waals surface area contributed by atoms with Gasteiger partial charge in [0.05, 0.1) is 0 Å². The van der Waals surface area contributed by atoms with Crippen molar-refractivity contribution in [3.8, 4) is 12.3 Å². The molecule has 0 amide bonds. The van der Waals surface area contributed by atoms with E-state index in [9.17, 15) is 18.0 Å². The number of carbonyl (C=O) groups excluding carboxylic acids is 1. The highest BCUT2D eigenvalue weighted by molar-refractivity contribution is 5.78. The third-order valence-electron chi connectivity index (χ3n) is 1.17. The predicted molar refractivity (Wildman–Crippen MR) is 38.4 cm³/mol. The molecule has 0 atom stereocenters. The van der Waals surface area contributed by atoms with Crippen LogP contribution in [0.5, 0.6) is 0 Å². The average molecular weight is 178 g/mol. The molecule has 0 bridgehead atoms. The third kappa shape index (κ3) is 7.13. The van der Waals surface area contributed by atoms with E-state index in [2.05, 4.69) is 5.92 Å². The van der Waals surface area contributed by atoms with Crippen molar-refractivity contribution in [2.75, 3.05) is 0 Å². The van der Waals surface area contributed by atoms with Crippen molar-refractivity contribution >= 4 is 5.78 Å². The number of carbonyl (C=O) groups is 1. The lowest BCUT2D eigenvalue weighted by Gasteiger charge is -2.03. The molecule has 0 heterocycles. The fourth-order valence-electron chi connectivity index (χ4n) is 0.700. The van der Waals surface area contributed by atoms with Gasteiger partial charge in [-0.05, 0) is 6.42 Å². The maximum Gasteiger partial charge on any atom is 0.395 e. The van der Waals surface area contributed by atoms with Crippen LogP contribution < -0.4 is 0 Å². The lowest BCUT2D eigenvalue weighted by Crippen LogP contribution is -2.14. The summed E-state index contributed by atoms with van der Waals surface area (Å²) in [5, 5.41) is 0. The molecule has 0 aliphatic heterocycles. The summed E-state index contributed by atoms with van der Waals surface area (Å²) in [6.45, 7) is 0. The van der Waals surface area contributed by atoms with Crippen molar-refractivity contribution in [3.05, 3.63) is 0 Å². The van der Waals surface area contributed by atoms with Crippen LogP contribution in [0.4, 0.5) is 13.2 Å². The number of hydrogen-bond acceptors (Lipinski definition) is 1. The van der Waals surface area contributed by atoms with Crippen LogP contribution in [0, 0.1) is 12.3 Å². The number of terminal acetylenes is 1. The normalized spacial score (nSPS) is 10.8. The van der Waals surface area contributed by atoms with Crippen LogP contribution in [-0.4, -0.2) is 12.0 Å². The fourth-order valence-corrected chi connectivity index (χ4v) is 0.700. The lowest BCUT2D eigenvalue weighted by atomic mass is 10.1. The molecule has 0 unspecified atom stereocenters. The summed E-state index contributed by atoms with van der Waals surface area (Å²) < 4.78 is 34.7. The first kappa shape index (κ1) is 11.0. The third-order valence-corrected chi connectivity index (χ3v) is 1.17. The first-order valence-corrected chi connectivity index (χ1v) is 3.47. The molecule has 0 rings (SSSR count). The second kappa shape index (κ2) is 4.81. The number of halogens is 3. The van der Waals surface area contributed by atoms with Crippen molar-refractivity contribution < 1.29 is 18.0 Å². The van der Waals surface area contributed by atoms with Crippen molar-refractivity contribution in [2.45, 2.75) is 31.9 Å². The minimum atomic E-state index is -4.38. The van der Waals surface area contributed by atoms with Crippen LogP contribution in [0.2, 0.25) is 0 Å². The van der Waals surface area contributed by atoms with E-state index in [1.807, 2.05) is 0 Å². The van der Waals surface area contributed by atoms with Crippen molar-refractivity contribution in [3.63, 3.8) is 0 Å². The van der Waals surface area contributed by atoms with Gasteiger partial charge in [0.25, 0.3) is 0 Å². The van der Waals surface area contributed by atoms with Gasteiger partial charge < -0.3 is 0 Å². The van der Waals surface area contributed by atoms with Crippen molar-refractivity contribution in [1.29, 1.82) is 0 Å². The lowest BCUT2D eigenvalue weighted by molar-refractivity contribution is -0.152. The average Bonchev–Trinajstić information content (AvgIpc) is 1.84. The van der Waals surface area contributed by atoms with Gasteiger partial charge in [-0.2, -0.15) is 13.2 Å². The van der Waals surface area contributed by atoms with E-state index in [0.29, 0.717) is 12.8 Å². The summed E-state index contributed by atoms with van der Waals surface area (Å²) in [6, 6.07) is 0. The smallest absolute Gasteiger partial charge is 0.299 e. The molecule has 0 radical (unpaired) electrons. The monoisotopic (exact) mass is 178 g/mol. The molecule has 0 saturated heterocycles. The molecule has 0 aliphatic rings. The van der Waals surface area contributed by atoms with Gasteiger partial charge >= 0.3 is 6.18 Å². The highest BCUT2D eigenvalue weighted by atomic mass is 19.4. The molecule has 0 spiro atoms. The summed E-state index contributed by atoms with van der Waals surface area (Å²) in [4.78, 5) is 10.5. The number of ketones is 1. The van der Waals surface area contributed by atoms with Gasteiger partial charge in [0.15, 0.2) is 0 Å². The van der Waals surface area contributed by atoms with Gasteiger partial charge in [-0.1, -0.05) is 0 Å². The highest BCUT2D eigenvalue weighted by Crippen LogP contribution is 2.20. The van der Waals surface area contributed by atoms with E-state index in [0.717, 1.165) is 0 Å². The van der Waals surface area contributed by atoms with Crippen molar-refractivity contribution in [2.24, 2.45) is 0 Å². The van der Waals surface area contributed by atoms with Gasteiger partial charge in [-0.3, -0.25) is 4.79 Å². The SMILES string of the molecule is C#CCCCC(=O)CC(F)(F)F. The Balaban J connectivity index is 3.56. The number of Topliss-reactive ketones (excluding diaryl/α,β-unsaturated/α-hetero) is 1. The Morgan fingerprint density at radius 3 is 2.42 bits per heavy atom. The summed E-state index contributed by atoms with van der Waals surface area (Å²) in [6.07, 6.45) is -0.249. The van der Waals surface area contributed by atoms with Crippen LogP contribution >= 0.6 is 0 Å². The molecular weight excluding hydrogens is 169 g/mol. The molecular formula is C8H9F3O. The topological polar surface area (TPSA) is 17.1 Å². The van der Waals surface area contributed by atoms with E-state index in [-0.39, 0.29) is 6.42 Å². The Morgan fingerprint density at radius 2 is 2.00 bits per heavy atom. The molecule has 0 N–H and O–H groups in total. The largest absolute Gasteiger partial charge is 0.395 e. The van der Waals surface area contributed by atoms with Gasteiger partial charge in [0.2, 0.25) is 0 Å². The van der Waals surface area contributed by atoms with E-state index >= 15 is 0 Å². The van der Waals surface area contributed by atoms with Crippen LogP contribution in [0.15, 0.2) is 0 Å². The Labute approximate surface area is 69.0 Å². The summed E-state index contributed by atoms with van der Waals surface area (Å²) in [7, 11) is 0. The molecule has 1 nitrogen and oxygen atoms in total. The summed E-state index contributed by atoms with van der Waals surface area (Å²) in [5.41, 5.74) is 0. The second-order valence-electron chi connectivity index (χ2n) is 2.39. The summed E-state index contributed by atoms with van der Waals surface area (Å²) in [5.74, 6) is 1.46. The quantitative estimate of drug-likeness (QED) is 0.477. The summed E-state index contributed by atoms with van der Waals surface area (Å²) >= 11 is 0. The Bertz CT molecular complexity index is 187. The Kier molecular flexibility index (Phi) is 4.42. The first-order chi connectivity index (χ1) is 5.45. The van der Waals surface area contributed by atoms with E-state index in [4.69, 9.17) is 6.42 Å². The Hall–Kier alpha value is -0.980. The number of hydrogen-bond donors (Lipinski definition) is 0. The van der Waals surface area contributed by atoms with Crippen LogP contribution in [0.25, 0.3) is 0 Å². The standard InChI is InChI=1S/C8H9F3O/c1-2-3-4-5-7(12)6-8(9,10)11/h1H,3-6H2. The molecule has 68 valence electrons. The van der Waals surface area contributed by atoms with Gasteiger partial charge in [-0.25, -0.2) is 0 Å². The molecule has 0 aromatic heterocycles. The van der Waals surface area contributed by atoms with Crippen LogP contribution in [-0.2, 0) is 4.79 Å². The van der Waals surface area contributed by atoms with Gasteiger partial charge in [0.1, 0.15) is 12.2 Å². The molecule has 12 heavy (non-hydrogen) atoms. The minimum Gasteiger partial charge on any atom is -0.299 e. The predicted octanol–water partition coefficient (Wildman–Crippen LogP) is 2.31. The molecule has 0 aromatic rings. The van der Waals surface area contributed by atoms with Gasteiger partial charge in [-0.15, -0.1) is 12.3 Å². The molecule has 0 saturated carbocycles. The number of alkyl halides is 3. The van der Waals surface area contributed by atoms with E-state index in [1.165, 1.54) is 0 Å². The molecule has 0 aliphatic carbocycles. The molecule has 0 aromatic carbocycles. The maximum atomic E-state index is 11.6. The number of rotatable bonds is 4. The van der Waals surface area contributed by atoms with Crippen molar-refractivity contribution in [1.82, 2.24) is 0 Å². The van der Waals surface area contributed by atoms with Gasteiger partial charge in [0, 0.05) is 12.8 Å². The molecule has 0 fully saturated rings. The first-order valence-electron chi connectivity index (χ1n) is 3.47. The maximum absolute atomic E-state index is 11.6. The number of unbranched alkanes of at least 4 members (excludes halogenated alkanes) is 1. The Morgan fingerprint density at radius 1 is 1.42 bits per heavy atom. The zero-order valence-corrected chi connectivity index (χ0v) is 6.45. The van der Waals surface area contributed by atoms with E-state index < -0.39 is 18.4 Å². The minimum absolute atomic E-state index is 0.0797. The fraction of sp³-hybridized carbons (Fsp3) is 0.625. The highest BCUT2D eigenvalue weighted by Gasteiger charge is 2.30. The van der Waals surface area contributed by atoms with Crippen LogP contribution in [0.1, 0.15) is 25.7 Å². The van der Waals surface area contributed by atoms with Crippen LogP contribution in [0.3, 0.4) is 0 Å². The van der Waals surface area contributed by atoms with E-state index in [1.54, 1.807) is 0 Å². The zero-order chi connectivity index (χ0) is 9.61.